The molecular formula is C22H32O4. The van der Waals surface area contributed by atoms with E-state index in [0.29, 0.717) is 19.3 Å². The first-order valence-electron chi connectivity index (χ1n) is 10.4. The lowest BCUT2D eigenvalue weighted by Crippen LogP contribution is -2.59. The van der Waals surface area contributed by atoms with E-state index in [1.165, 1.54) is 0 Å². The fraction of sp³-hybridized carbons (Fsp3) is 0.818. The maximum atomic E-state index is 13.0. The zero-order chi connectivity index (χ0) is 18.9. The van der Waals surface area contributed by atoms with Crippen molar-refractivity contribution in [3.63, 3.8) is 0 Å². The monoisotopic (exact) mass is 360 g/mol. The first-order chi connectivity index (χ1) is 12.2. The van der Waals surface area contributed by atoms with E-state index in [9.17, 15) is 19.8 Å². The van der Waals surface area contributed by atoms with E-state index < -0.39 is 11.0 Å². The number of ketones is 2. The predicted octanol–water partition coefficient (Wildman–Crippen LogP) is 3.20. The molecule has 0 aromatic heterocycles. The number of aliphatic hydroxyl groups excluding tert-OH is 1. The van der Waals surface area contributed by atoms with Crippen LogP contribution in [0.4, 0.5) is 0 Å². The Morgan fingerprint density at radius 1 is 1.15 bits per heavy atom. The third kappa shape index (κ3) is 2.15. The van der Waals surface area contributed by atoms with Gasteiger partial charge in [0.15, 0.2) is 5.78 Å². The number of carbonyl (C=O) groups is 2. The van der Waals surface area contributed by atoms with Gasteiger partial charge in [-0.2, -0.15) is 0 Å². The van der Waals surface area contributed by atoms with Crippen LogP contribution in [0, 0.1) is 28.6 Å². The van der Waals surface area contributed by atoms with E-state index in [1.807, 2.05) is 6.92 Å². The van der Waals surface area contributed by atoms with Gasteiger partial charge in [-0.05, 0) is 67.9 Å². The van der Waals surface area contributed by atoms with Crippen LogP contribution < -0.4 is 0 Å². The normalized spacial score (nSPS) is 50.5. The molecule has 7 atom stereocenters. The predicted molar refractivity (Wildman–Crippen MR) is 98.3 cm³/mol. The van der Waals surface area contributed by atoms with E-state index in [2.05, 4.69) is 13.8 Å². The Hall–Kier alpha value is -1.00. The Kier molecular flexibility index (Phi) is 4.06. The van der Waals surface area contributed by atoms with Crippen molar-refractivity contribution in [1.82, 2.24) is 0 Å². The Bertz CT molecular complexity index is 682. The van der Waals surface area contributed by atoms with Crippen LogP contribution in [0.3, 0.4) is 0 Å². The quantitative estimate of drug-likeness (QED) is 0.793. The van der Waals surface area contributed by atoms with Gasteiger partial charge in [0.1, 0.15) is 5.78 Å². The third-order valence-electron chi connectivity index (χ3n) is 8.81. The molecule has 0 radical (unpaired) electrons. The first-order valence-corrected chi connectivity index (χ1v) is 10.4. The number of rotatable bonds is 2. The van der Waals surface area contributed by atoms with Crippen molar-refractivity contribution in [3.8, 4) is 0 Å². The molecule has 4 nitrogen and oxygen atoms in total. The van der Waals surface area contributed by atoms with Gasteiger partial charge in [0.25, 0.3) is 0 Å². The van der Waals surface area contributed by atoms with Gasteiger partial charge in [0.2, 0.25) is 0 Å². The maximum Gasteiger partial charge on any atom is 0.159 e. The minimum atomic E-state index is -1.04. The molecule has 0 heterocycles. The minimum absolute atomic E-state index is 0.0699. The number of allylic oxidation sites excluding steroid dienone is 1. The average Bonchev–Trinajstić information content (AvgIpc) is 2.88. The molecule has 4 rings (SSSR count). The summed E-state index contributed by atoms with van der Waals surface area (Å²) in [5.74, 6) is 0.261. The highest BCUT2D eigenvalue weighted by atomic mass is 16.3. The fourth-order valence-electron chi connectivity index (χ4n) is 7.08. The molecule has 0 bridgehead atoms. The van der Waals surface area contributed by atoms with Gasteiger partial charge in [-0.3, -0.25) is 9.59 Å². The van der Waals surface area contributed by atoms with Crippen LogP contribution in [0.2, 0.25) is 0 Å². The van der Waals surface area contributed by atoms with E-state index in [4.69, 9.17) is 0 Å². The highest BCUT2D eigenvalue weighted by Gasteiger charge is 2.66. The molecule has 0 aromatic rings. The smallest absolute Gasteiger partial charge is 0.159 e. The van der Waals surface area contributed by atoms with Crippen LogP contribution in [0.1, 0.15) is 72.1 Å². The molecule has 0 aromatic carbocycles. The van der Waals surface area contributed by atoms with Crippen molar-refractivity contribution < 1.29 is 19.8 Å². The fourth-order valence-corrected chi connectivity index (χ4v) is 7.08. The van der Waals surface area contributed by atoms with E-state index >= 15 is 0 Å². The summed E-state index contributed by atoms with van der Waals surface area (Å²) >= 11 is 0. The van der Waals surface area contributed by atoms with Crippen LogP contribution in [0.15, 0.2) is 11.6 Å². The first kappa shape index (κ1) is 18.4. The van der Waals surface area contributed by atoms with Crippen molar-refractivity contribution in [2.75, 3.05) is 0 Å². The summed E-state index contributed by atoms with van der Waals surface area (Å²) in [6.07, 6.45) is 7.00. The molecule has 3 saturated carbocycles. The van der Waals surface area contributed by atoms with Gasteiger partial charge in [-0.25, -0.2) is 0 Å². The Balaban J connectivity index is 1.77. The summed E-state index contributed by atoms with van der Waals surface area (Å²) in [5, 5.41) is 21.9. The van der Waals surface area contributed by atoms with Gasteiger partial charge in [0.05, 0.1) is 11.7 Å². The molecule has 144 valence electrons. The van der Waals surface area contributed by atoms with Crippen LogP contribution in [0.5, 0.6) is 0 Å². The lowest BCUT2D eigenvalue weighted by Gasteiger charge is -2.59. The van der Waals surface area contributed by atoms with Gasteiger partial charge < -0.3 is 10.2 Å². The summed E-state index contributed by atoms with van der Waals surface area (Å²) in [7, 11) is 0. The van der Waals surface area contributed by atoms with Gasteiger partial charge in [0, 0.05) is 23.7 Å². The molecule has 0 amide bonds. The van der Waals surface area contributed by atoms with Crippen LogP contribution >= 0.6 is 0 Å². The zero-order valence-corrected chi connectivity index (χ0v) is 16.3. The van der Waals surface area contributed by atoms with Crippen LogP contribution in [0.25, 0.3) is 0 Å². The molecule has 2 N–H and O–H groups in total. The molecule has 4 aliphatic rings. The molecule has 0 saturated heterocycles. The topological polar surface area (TPSA) is 74.6 Å². The van der Waals surface area contributed by atoms with Crippen molar-refractivity contribution >= 4 is 11.6 Å². The van der Waals surface area contributed by atoms with Crippen LogP contribution in [-0.4, -0.2) is 33.5 Å². The van der Waals surface area contributed by atoms with E-state index in [-0.39, 0.29) is 40.8 Å². The largest absolute Gasteiger partial charge is 0.393 e. The standard InChI is InChI=1S/C22H32O4/c1-4-18(24)15-7-10-22(26)16-12-19(25)17-11-13(23)5-8-20(17,2)14(16)6-9-21(15,22)3/h12-15,17,23,26H,4-11H2,1-3H3/t13?,14?,15-,17?,20?,21?,22-/m1/s1. The lowest BCUT2D eigenvalue weighted by atomic mass is 9.46. The number of Topliss-reactive ketones (excluding diaryl/α,β-unsaturated/α-hetero) is 1. The summed E-state index contributed by atoms with van der Waals surface area (Å²) in [5.41, 5.74) is -0.770. The highest BCUT2D eigenvalue weighted by Crippen LogP contribution is 2.67. The molecule has 0 spiro atoms. The molecule has 0 aliphatic heterocycles. The second-order valence-corrected chi connectivity index (χ2v) is 9.77. The van der Waals surface area contributed by atoms with Crippen molar-refractivity contribution in [2.24, 2.45) is 28.6 Å². The van der Waals surface area contributed by atoms with Crippen LogP contribution in [-0.2, 0) is 9.59 Å². The Morgan fingerprint density at radius 2 is 1.88 bits per heavy atom. The SMILES string of the molecule is CCC(=O)[C@H]1CC[C@@]2(O)C3=CC(=O)C4CC(O)CCC4(C)C3CCC12C. The van der Waals surface area contributed by atoms with Gasteiger partial charge in [-0.15, -0.1) is 0 Å². The summed E-state index contributed by atoms with van der Waals surface area (Å²) in [4.78, 5) is 25.5. The van der Waals surface area contributed by atoms with Gasteiger partial charge in [-0.1, -0.05) is 20.8 Å². The van der Waals surface area contributed by atoms with Gasteiger partial charge >= 0.3 is 0 Å². The Labute approximate surface area is 156 Å². The van der Waals surface area contributed by atoms with Crippen molar-refractivity contribution in [2.45, 2.75) is 83.8 Å². The Morgan fingerprint density at radius 3 is 2.58 bits per heavy atom. The minimum Gasteiger partial charge on any atom is -0.393 e. The molecule has 26 heavy (non-hydrogen) atoms. The second-order valence-electron chi connectivity index (χ2n) is 9.77. The van der Waals surface area contributed by atoms with Crippen molar-refractivity contribution in [3.05, 3.63) is 11.6 Å². The highest BCUT2D eigenvalue weighted by molar-refractivity contribution is 5.95. The number of hydrogen-bond acceptors (Lipinski definition) is 4. The number of carbonyl (C=O) groups excluding carboxylic acids is 2. The number of aliphatic hydroxyl groups is 2. The van der Waals surface area contributed by atoms with E-state index in [0.717, 1.165) is 37.7 Å². The molecule has 3 fully saturated rings. The molecule has 4 heteroatoms. The van der Waals surface area contributed by atoms with E-state index in [1.54, 1.807) is 6.08 Å². The zero-order valence-electron chi connectivity index (χ0n) is 16.3. The summed E-state index contributed by atoms with van der Waals surface area (Å²) in [6.45, 7) is 6.16. The van der Waals surface area contributed by atoms with Crippen molar-refractivity contribution in [1.29, 1.82) is 0 Å². The average molecular weight is 360 g/mol. The molecular weight excluding hydrogens is 328 g/mol. The lowest BCUT2D eigenvalue weighted by molar-refractivity contribution is -0.144. The maximum absolute atomic E-state index is 13.0. The summed E-state index contributed by atoms with van der Waals surface area (Å²) < 4.78 is 0. The second kappa shape index (κ2) is 5.75. The molecule has 5 unspecified atom stereocenters. The number of hydrogen-bond donors (Lipinski definition) is 2. The molecule has 4 aliphatic carbocycles. The number of fused-ring (bicyclic) bond motifs is 5. The third-order valence-corrected chi connectivity index (χ3v) is 8.81. The summed E-state index contributed by atoms with van der Waals surface area (Å²) in [6, 6.07) is 0.